The van der Waals surface area contributed by atoms with Crippen molar-refractivity contribution < 1.29 is 14.6 Å². The highest BCUT2D eigenvalue weighted by molar-refractivity contribution is 6.38. The van der Waals surface area contributed by atoms with Crippen LogP contribution in [0.4, 0.5) is 0 Å². The molecular weight excluding hydrogens is 423 g/mol. The number of phenols is 1. The van der Waals surface area contributed by atoms with Crippen LogP contribution in [-0.4, -0.2) is 53.1 Å². The number of amides is 1. The van der Waals surface area contributed by atoms with Gasteiger partial charge in [0, 0.05) is 48.4 Å². The Morgan fingerprint density at radius 2 is 2.13 bits per heavy atom. The van der Waals surface area contributed by atoms with Gasteiger partial charge in [-0.2, -0.15) is 0 Å². The molecule has 2 aromatic carbocycles. The highest BCUT2D eigenvalue weighted by atomic mass is 35.5. The van der Waals surface area contributed by atoms with Crippen LogP contribution in [0, 0.1) is 12.3 Å². The molecule has 0 radical (unpaired) electrons. The third-order valence-electron chi connectivity index (χ3n) is 5.58. The zero-order valence-electron chi connectivity index (χ0n) is 16.2. The summed E-state index contributed by atoms with van der Waals surface area (Å²) in [5.41, 5.74) is 2.26. The molecule has 2 aliphatic heterocycles. The summed E-state index contributed by atoms with van der Waals surface area (Å²) in [6.07, 6.45) is 7.12. The number of phenolic OH excluding ortho intramolecular Hbond substituents is 1. The predicted octanol–water partition coefficient (Wildman–Crippen LogP) is 3.94. The van der Waals surface area contributed by atoms with E-state index in [0.29, 0.717) is 65.3 Å². The molecule has 0 aromatic heterocycles. The maximum atomic E-state index is 12.0. The number of carbonyl (C=O) groups is 1. The maximum absolute atomic E-state index is 12.0. The van der Waals surface area contributed by atoms with E-state index in [1.165, 1.54) is 12.1 Å². The van der Waals surface area contributed by atoms with Gasteiger partial charge in [0.2, 0.25) is 5.91 Å². The minimum absolute atomic E-state index is 0.00882. The van der Waals surface area contributed by atoms with Crippen LogP contribution in [-0.2, 0) is 11.3 Å². The molecule has 1 amide bonds. The number of piperazine rings is 1. The summed E-state index contributed by atoms with van der Waals surface area (Å²) in [7, 11) is 0. The lowest BCUT2D eigenvalue weighted by Crippen LogP contribution is -2.55. The van der Waals surface area contributed by atoms with E-state index in [1.54, 1.807) is 17.0 Å². The second-order valence-corrected chi connectivity index (χ2v) is 8.09. The molecule has 0 spiro atoms. The van der Waals surface area contributed by atoms with Gasteiger partial charge in [0.05, 0.1) is 16.1 Å². The first-order chi connectivity index (χ1) is 14.4. The number of carbonyl (C=O) groups excluding carboxylic acids is 1. The quantitative estimate of drug-likeness (QED) is 0.565. The average Bonchev–Trinajstić information content (AvgIpc) is 2.93. The van der Waals surface area contributed by atoms with Crippen molar-refractivity contribution in [3.63, 3.8) is 0 Å². The molecule has 7 heteroatoms. The van der Waals surface area contributed by atoms with Crippen molar-refractivity contribution in [2.24, 2.45) is 0 Å². The SMILES string of the molecule is C#Cc1cc2c(c(Cl)c1-c1c(O)cccc1Cl)OC[C@H]1CN(C(=O)C=C)CCN1C2. The number of benzene rings is 2. The maximum Gasteiger partial charge on any atom is 0.246 e. The molecule has 0 unspecified atom stereocenters. The number of nitrogens with zero attached hydrogens (tertiary/aromatic N) is 2. The summed E-state index contributed by atoms with van der Waals surface area (Å²) in [6.45, 7) is 6.43. The van der Waals surface area contributed by atoms with Crippen LogP contribution in [0.15, 0.2) is 36.9 Å². The zero-order chi connectivity index (χ0) is 21.4. The molecule has 0 aliphatic carbocycles. The number of hydrogen-bond donors (Lipinski definition) is 1. The normalized spacial score (nSPS) is 18.4. The van der Waals surface area contributed by atoms with Gasteiger partial charge in [-0.15, -0.1) is 6.42 Å². The van der Waals surface area contributed by atoms with Crippen molar-refractivity contribution in [1.82, 2.24) is 9.80 Å². The van der Waals surface area contributed by atoms with Crippen LogP contribution < -0.4 is 4.74 Å². The lowest BCUT2D eigenvalue weighted by Gasteiger charge is -2.39. The summed E-state index contributed by atoms with van der Waals surface area (Å²) in [5.74, 6) is 3.11. The van der Waals surface area contributed by atoms with E-state index in [4.69, 9.17) is 34.4 Å². The van der Waals surface area contributed by atoms with E-state index in [-0.39, 0.29) is 17.7 Å². The summed E-state index contributed by atoms with van der Waals surface area (Å²) >= 11 is 13.1. The fourth-order valence-corrected chi connectivity index (χ4v) is 4.70. The van der Waals surface area contributed by atoms with Crippen molar-refractivity contribution >= 4 is 29.1 Å². The van der Waals surface area contributed by atoms with Gasteiger partial charge in [-0.1, -0.05) is 41.8 Å². The van der Waals surface area contributed by atoms with E-state index in [2.05, 4.69) is 17.4 Å². The van der Waals surface area contributed by atoms with Crippen LogP contribution in [0.25, 0.3) is 11.1 Å². The van der Waals surface area contributed by atoms with Crippen molar-refractivity contribution in [2.75, 3.05) is 26.2 Å². The van der Waals surface area contributed by atoms with Gasteiger partial charge in [-0.25, -0.2) is 0 Å². The highest BCUT2D eigenvalue weighted by Gasteiger charge is 2.34. The van der Waals surface area contributed by atoms with Crippen LogP contribution in [0.5, 0.6) is 11.5 Å². The van der Waals surface area contributed by atoms with Gasteiger partial charge in [-0.3, -0.25) is 9.69 Å². The Bertz CT molecular complexity index is 1060. The van der Waals surface area contributed by atoms with Crippen molar-refractivity contribution in [2.45, 2.75) is 12.6 Å². The number of ether oxygens (including phenoxy) is 1. The summed E-state index contributed by atoms with van der Waals surface area (Å²) in [4.78, 5) is 16.1. The van der Waals surface area contributed by atoms with Gasteiger partial charge < -0.3 is 14.7 Å². The predicted molar refractivity (Wildman–Crippen MR) is 118 cm³/mol. The third kappa shape index (κ3) is 3.52. The van der Waals surface area contributed by atoms with Gasteiger partial charge in [0.1, 0.15) is 18.1 Å². The molecular formula is C23H20Cl2N2O3. The Morgan fingerprint density at radius 3 is 2.83 bits per heavy atom. The molecule has 1 saturated heterocycles. The molecule has 2 aliphatic rings. The van der Waals surface area contributed by atoms with Gasteiger partial charge in [0.15, 0.2) is 0 Å². The molecule has 0 bridgehead atoms. The molecule has 5 nitrogen and oxygen atoms in total. The summed E-state index contributed by atoms with van der Waals surface area (Å²) in [6, 6.07) is 6.75. The second-order valence-electron chi connectivity index (χ2n) is 7.30. The molecule has 4 rings (SSSR count). The molecule has 0 saturated carbocycles. The first kappa shape index (κ1) is 20.6. The zero-order valence-corrected chi connectivity index (χ0v) is 17.7. The minimum Gasteiger partial charge on any atom is -0.507 e. The molecule has 1 atom stereocenters. The lowest BCUT2D eigenvalue weighted by molar-refractivity contribution is -0.129. The van der Waals surface area contributed by atoms with Crippen LogP contribution in [0.3, 0.4) is 0 Å². The van der Waals surface area contributed by atoms with Crippen LogP contribution >= 0.6 is 23.2 Å². The van der Waals surface area contributed by atoms with E-state index in [0.717, 1.165) is 5.56 Å². The molecule has 1 N–H and O–H groups in total. The smallest absolute Gasteiger partial charge is 0.246 e. The molecule has 1 fully saturated rings. The number of rotatable bonds is 2. The third-order valence-corrected chi connectivity index (χ3v) is 6.26. The number of aromatic hydroxyl groups is 1. The first-order valence-electron chi connectivity index (χ1n) is 9.52. The summed E-state index contributed by atoms with van der Waals surface area (Å²) < 4.78 is 6.12. The number of halogens is 2. The molecule has 2 heterocycles. The van der Waals surface area contributed by atoms with E-state index >= 15 is 0 Å². The molecule has 154 valence electrons. The van der Waals surface area contributed by atoms with Crippen molar-refractivity contribution in [1.29, 1.82) is 0 Å². The largest absolute Gasteiger partial charge is 0.507 e. The second kappa shape index (κ2) is 8.23. The monoisotopic (exact) mass is 442 g/mol. The molecule has 2 aromatic rings. The first-order valence-corrected chi connectivity index (χ1v) is 10.3. The van der Waals surface area contributed by atoms with Gasteiger partial charge in [-0.05, 0) is 24.3 Å². The topological polar surface area (TPSA) is 53.0 Å². The van der Waals surface area contributed by atoms with Gasteiger partial charge in [0.25, 0.3) is 0 Å². The fraction of sp³-hybridized carbons (Fsp3) is 0.261. The summed E-state index contributed by atoms with van der Waals surface area (Å²) in [5, 5.41) is 11.1. The number of fused-ring (bicyclic) bond motifs is 2. The van der Waals surface area contributed by atoms with Crippen molar-refractivity contribution in [3.8, 4) is 35.0 Å². The van der Waals surface area contributed by atoms with E-state index in [9.17, 15) is 9.90 Å². The Hall–Kier alpha value is -2.65. The Labute approximate surface area is 185 Å². The number of terminal acetylenes is 1. The Kier molecular flexibility index (Phi) is 5.66. The fourth-order valence-electron chi connectivity index (χ4n) is 4.06. The van der Waals surface area contributed by atoms with Crippen LogP contribution in [0.2, 0.25) is 10.0 Å². The lowest BCUT2D eigenvalue weighted by atomic mass is 9.95. The standard InChI is InChI=1S/C23H20Cl2N2O3/c1-3-14-10-15-11-26-8-9-27(19(29)4-2)12-16(26)13-30-23(15)22(25)20(14)21-17(24)6-5-7-18(21)28/h1,4-7,10,16,28H,2,8-9,11-13H2/t16-/m1/s1. The van der Waals surface area contributed by atoms with E-state index in [1.807, 2.05) is 6.07 Å². The van der Waals surface area contributed by atoms with Crippen molar-refractivity contribution in [3.05, 3.63) is 58.1 Å². The van der Waals surface area contributed by atoms with Crippen LogP contribution in [0.1, 0.15) is 11.1 Å². The van der Waals surface area contributed by atoms with Gasteiger partial charge >= 0.3 is 0 Å². The number of hydrogen-bond acceptors (Lipinski definition) is 4. The molecule has 30 heavy (non-hydrogen) atoms. The highest BCUT2D eigenvalue weighted by Crippen LogP contribution is 2.47. The van der Waals surface area contributed by atoms with E-state index < -0.39 is 0 Å². The average molecular weight is 443 g/mol. The minimum atomic E-state index is -0.0828. The Balaban J connectivity index is 1.76. The Morgan fingerprint density at radius 1 is 1.33 bits per heavy atom.